The first-order chi connectivity index (χ1) is 8.51. The molecule has 0 unspecified atom stereocenters. The zero-order valence-electron chi connectivity index (χ0n) is 11.9. The van der Waals surface area contributed by atoms with E-state index in [4.69, 9.17) is 0 Å². The lowest BCUT2D eigenvalue weighted by molar-refractivity contribution is 0.0717. The van der Waals surface area contributed by atoms with Crippen LogP contribution in [0.15, 0.2) is 12.3 Å². The molecule has 1 heterocycles. The Hall–Kier alpha value is -1.58. The van der Waals surface area contributed by atoms with Gasteiger partial charge in [0.1, 0.15) is 0 Å². The lowest BCUT2D eigenvalue weighted by Crippen LogP contribution is -2.37. The summed E-state index contributed by atoms with van der Waals surface area (Å²) in [7, 11) is 0. The Bertz CT molecular complexity index is 416. The lowest BCUT2D eigenvalue weighted by Gasteiger charge is -2.26. The Balaban J connectivity index is 3.11. The maximum atomic E-state index is 12.5. The molecule has 0 spiro atoms. The van der Waals surface area contributed by atoms with Crippen molar-refractivity contribution in [1.29, 1.82) is 0 Å². The third-order valence-corrected chi connectivity index (χ3v) is 2.86. The molecule has 0 radical (unpaired) electrons. The van der Waals surface area contributed by atoms with E-state index in [1.54, 1.807) is 6.20 Å². The van der Waals surface area contributed by atoms with Gasteiger partial charge in [0.15, 0.2) is 0 Å². The van der Waals surface area contributed by atoms with Crippen LogP contribution in [0.1, 0.15) is 43.7 Å². The average Bonchev–Trinajstić information content (AvgIpc) is 2.29. The van der Waals surface area contributed by atoms with Crippen LogP contribution in [-0.4, -0.2) is 34.9 Å². The lowest BCUT2D eigenvalue weighted by atomic mass is 10.1. The SMILES string of the molecule is CCNc1cc(C)ncc1C(=O)N(CC)C(C)C. The van der Waals surface area contributed by atoms with Crippen LogP contribution < -0.4 is 5.32 Å². The minimum atomic E-state index is 0.0379. The second kappa shape index (κ2) is 6.38. The fourth-order valence-corrected chi connectivity index (χ4v) is 1.96. The van der Waals surface area contributed by atoms with Crippen LogP contribution in [0.4, 0.5) is 5.69 Å². The predicted molar refractivity (Wildman–Crippen MR) is 75.0 cm³/mol. The first kappa shape index (κ1) is 14.5. The van der Waals surface area contributed by atoms with Crippen molar-refractivity contribution in [2.24, 2.45) is 0 Å². The molecule has 0 saturated carbocycles. The Labute approximate surface area is 109 Å². The molecule has 1 aromatic heterocycles. The topological polar surface area (TPSA) is 45.2 Å². The Kier molecular flexibility index (Phi) is 5.13. The number of nitrogens with one attached hydrogen (secondary N) is 1. The zero-order chi connectivity index (χ0) is 13.7. The number of anilines is 1. The molecular formula is C14H23N3O. The minimum absolute atomic E-state index is 0.0379. The van der Waals surface area contributed by atoms with E-state index < -0.39 is 0 Å². The molecule has 0 aromatic carbocycles. The van der Waals surface area contributed by atoms with E-state index in [-0.39, 0.29) is 11.9 Å². The molecule has 1 rings (SSSR count). The number of amides is 1. The quantitative estimate of drug-likeness (QED) is 0.872. The van der Waals surface area contributed by atoms with Crippen molar-refractivity contribution in [3.63, 3.8) is 0 Å². The number of rotatable bonds is 5. The fraction of sp³-hybridized carbons (Fsp3) is 0.571. The summed E-state index contributed by atoms with van der Waals surface area (Å²) < 4.78 is 0. The van der Waals surface area contributed by atoms with Crippen molar-refractivity contribution in [3.05, 3.63) is 23.5 Å². The maximum absolute atomic E-state index is 12.5. The van der Waals surface area contributed by atoms with Gasteiger partial charge in [0, 0.05) is 31.0 Å². The number of hydrogen-bond acceptors (Lipinski definition) is 3. The van der Waals surface area contributed by atoms with E-state index in [1.807, 2.05) is 45.6 Å². The summed E-state index contributed by atoms with van der Waals surface area (Å²) in [4.78, 5) is 18.5. The van der Waals surface area contributed by atoms with Crippen LogP contribution in [0.3, 0.4) is 0 Å². The Morgan fingerprint density at radius 1 is 1.44 bits per heavy atom. The first-order valence-corrected chi connectivity index (χ1v) is 6.52. The van der Waals surface area contributed by atoms with Crippen molar-refractivity contribution < 1.29 is 4.79 Å². The maximum Gasteiger partial charge on any atom is 0.257 e. The van der Waals surface area contributed by atoms with Crippen molar-refractivity contribution in [2.75, 3.05) is 18.4 Å². The van der Waals surface area contributed by atoms with Crippen LogP contribution in [0.2, 0.25) is 0 Å². The molecule has 0 aliphatic heterocycles. The van der Waals surface area contributed by atoms with Gasteiger partial charge in [-0.3, -0.25) is 9.78 Å². The second-order valence-corrected chi connectivity index (χ2v) is 4.59. The molecule has 4 heteroatoms. The molecule has 100 valence electrons. The monoisotopic (exact) mass is 249 g/mol. The van der Waals surface area contributed by atoms with E-state index >= 15 is 0 Å². The number of carbonyl (C=O) groups is 1. The van der Waals surface area contributed by atoms with Gasteiger partial charge in [-0.05, 0) is 40.7 Å². The van der Waals surface area contributed by atoms with Gasteiger partial charge in [-0.15, -0.1) is 0 Å². The normalized spacial score (nSPS) is 10.6. The Morgan fingerprint density at radius 2 is 2.11 bits per heavy atom. The second-order valence-electron chi connectivity index (χ2n) is 4.59. The number of carbonyl (C=O) groups excluding carboxylic acids is 1. The van der Waals surface area contributed by atoms with E-state index in [0.29, 0.717) is 12.1 Å². The highest BCUT2D eigenvalue weighted by Gasteiger charge is 2.20. The molecular weight excluding hydrogens is 226 g/mol. The molecule has 1 aromatic rings. The van der Waals surface area contributed by atoms with E-state index in [2.05, 4.69) is 10.3 Å². The highest BCUT2D eigenvalue weighted by atomic mass is 16.2. The summed E-state index contributed by atoms with van der Waals surface area (Å²) in [5.41, 5.74) is 2.43. The Morgan fingerprint density at radius 3 is 2.61 bits per heavy atom. The summed E-state index contributed by atoms with van der Waals surface area (Å²) >= 11 is 0. The molecule has 0 fully saturated rings. The zero-order valence-corrected chi connectivity index (χ0v) is 11.9. The van der Waals surface area contributed by atoms with Gasteiger partial charge < -0.3 is 10.2 Å². The summed E-state index contributed by atoms with van der Waals surface area (Å²) in [6.45, 7) is 11.5. The first-order valence-electron chi connectivity index (χ1n) is 6.52. The van der Waals surface area contributed by atoms with Gasteiger partial charge in [0.2, 0.25) is 0 Å². The summed E-state index contributed by atoms with van der Waals surface area (Å²) in [6.07, 6.45) is 1.67. The third kappa shape index (κ3) is 3.22. The number of aromatic nitrogens is 1. The molecule has 4 nitrogen and oxygen atoms in total. The average molecular weight is 249 g/mol. The number of pyridine rings is 1. The molecule has 18 heavy (non-hydrogen) atoms. The standard InChI is InChI=1S/C14H23N3O/c1-6-15-13-8-11(5)16-9-12(13)14(18)17(7-2)10(3)4/h8-10H,6-7H2,1-5H3,(H,15,16). The third-order valence-electron chi connectivity index (χ3n) is 2.86. The summed E-state index contributed by atoms with van der Waals surface area (Å²) in [6, 6.07) is 2.11. The highest BCUT2D eigenvalue weighted by Crippen LogP contribution is 2.18. The number of hydrogen-bond donors (Lipinski definition) is 1. The van der Waals surface area contributed by atoms with Crippen LogP contribution in [0.25, 0.3) is 0 Å². The van der Waals surface area contributed by atoms with Gasteiger partial charge in [-0.2, -0.15) is 0 Å². The molecule has 0 aliphatic carbocycles. The summed E-state index contributed by atoms with van der Waals surface area (Å²) in [5.74, 6) is 0.0379. The molecule has 0 aliphatic rings. The van der Waals surface area contributed by atoms with Crippen molar-refractivity contribution in [2.45, 2.75) is 40.7 Å². The van der Waals surface area contributed by atoms with Crippen LogP contribution in [-0.2, 0) is 0 Å². The van der Waals surface area contributed by atoms with Gasteiger partial charge in [-0.1, -0.05) is 0 Å². The van der Waals surface area contributed by atoms with E-state index in [9.17, 15) is 4.79 Å². The predicted octanol–water partition coefficient (Wildman–Crippen LogP) is 2.69. The number of nitrogens with zero attached hydrogens (tertiary/aromatic N) is 2. The minimum Gasteiger partial charge on any atom is -0.385 e. The van der Waals surface area contributed by atoms with Crippen molar-refractivity contribution in [3.8, 4) is 0 Å². The highest BCUT2D eigenvalue weighted by molar-refractivity contribution is 5.99. The van der Waals surface area contributed by atoms with E-state index in [1.165, 1.54) is 0 Å². The fourth-order valence-electron chi connectivity index (χ4n) is 1.96. The molecule has 0 saturated heterocycles. The van der Waals surface area contributed by atoms with Gasteiger partial charge in [0.25, 0.3) is 5.91 Å². The van der Waals surface area contributed by atoms with Crippen molar-refractivity contribution in [1.82, 2.24) is 9.88 Å². The van der Waals surface area contributed by atoms with Crippen LogP contribution in [0.5, 0.6) is 0 Å². The molecule has 0 bridgehead atoms. The van der Waals surface area contributed by atoms with Crippen LogP contribution >= 0.6 is 0 Å². The molecule has 1 N–H and O–H groups in total. The van der Waals surface area contributed by atoms with Crippen molar-refractivity contribution >= 4 is 11.6 Å². The van der Waals surface area contributed by atoms with Gasteiger partial charge in [-0.25, -0.2) is 0 Å². The van der Waals surface area contributed by atoms with Gasteiger partial charge >= 0.3 is 0 Å². The molecule has 0 atom stereocenters. The number of aryl methyl sites for hydroxylation is 1. The van der Waals surface area contributed by atoms with E-state index in [0.717, 1.165) is 17.9 Å². The smallest absolute Gasteiger partial charge is 0.257 e. The molecule has 1 amide bonds. The van der Waals surface area contributed by atoms with Crippen LogP contribution in [0, 0.1) is 6.92 Å². The summed E-state index contributed by atoms with van der Waals surface area (Å²) in [5, 5.41) is 3.23. The van der Waals surface area contributed by atoms with Gasteiger partial charge in [0.05, 0.1) is 11.3 Å². The largest absolute Gasteiger partial charge is 0.385 e.